The van der Waals surface area contributed by atoms with E-state index in [0.717, 1.165) is 25.7 Å². The molecule has 0 amide bonds. The molecule has 2 rings (SSSR count). The monoisotopic (exact) mass is 214 g/mol. The molecule has 1 aliphatic heterocycles. The Kier molecular flexibility index (Phi) is 2.61. The second-order valence-electron chi connectivity index (χ2n) is 5.70. The molecule has 2 aliphatic rings. The van der Waals surface area contributed by atoms with Crippen molar-refractivity contribution in [3.05, 3.63) is 0 Å². The van der Waals surface area contributed by atoms with Gasteiger partial charge in [0, 0.05) is 5.41 Å². The van der Waals surface area contributed by atoms with Gasteiger partial charge in [-0.25, -0.2) is 0 Å². The van der Waals surface area contributed by atoms with Gasteiger partial charge in [-0.15, -0.1) is 0 Å². The molecule has 0 aromatic rings. The molecule has 0 atom stereocenters. The van der Waals surface area contributed by atoms with E-state index >= 15 is 0 Å². The van der Waals surface area contributed by atoms with Crippen LogP contribution < -0.4 is 0 Å². The quantitative estimate of drug-likeness (QED) is 0.726. The van der Waals surface area contributed by atoms with Crippen LogP contribution in [0.3, 0.4) is 0 Å². The first-order valence-corrected chi connectivity index (χ1v) is 5.87. The Morgan fingerprint density at radius 1 is 0.867 bits per heavy atom. The molecule has 0 unspecified atom stereocenters. The van der Waals surface area contributed by atoms with Crippen molar-refractivity contribution in [2.45, 2.75) is 57.8 Å². The highest BCUT2D eigenvalue weighted by Crippen LogP contribution is 2.50. The van der Waals surface area contributed by atoms with E-state index in [0.29, 0.717) is 13.2 Å². The van der Waals surface area contributed by atoms with E-state index in [9.17, 15) is 5.11 Å². The summed E-state index contributed by atoms with van der Waals surface area (Å²) in [6.07, 6.45) is 3.62. The molecule has 0 aromatic carbocycles. The van der Waals surface area contributed by atoms with Gasteiger partial charge in [0.15, 0.2) is 5.79 Å². The topological polar surface area (TPSA) is 38.7 Å². The Bertz CT molecular complexity index is 231. The third-order valence-electron chi connectivity index (χ3n) is 4.37. The molecule has 1 N–H and O–H groups in total. The number of ether oxygens (including phenoxy) is 2. The maximum Gasteiger partial charge on any atom is 0.170 e. The van der Waals surface area contributed by atoms with Crippen molar-refractivity contribution in [2.75, 3.05) is 13.2 Å². The summed E-state index contributed by atoms with van der Waals surface area (Å²) in [5, 5.41) is 9.95. The Morgan fingerprint density at radius 3 is 1.80 bits per heavy atom. The van der Waals surface area contributed by atoms with Crippen LogP contribution in [0.5, 0.6) is 0 Å². The molecule has 3 heteroatoms. The Balaban J connectivity index is 2.08. The lowest BCUT2D eigenvalue weighted by atomic mass is 9.66. The predicted molar refractivity (Wildman–Crippen MR) is 57.5 cm³/mol. The lowest BCUT2D eigenvalue weighted by molar-refractivity contribution is -0.237. The molecule has 0 radical (unpaired) electrons. The Morgan fingerprint density at radius 2 is 1.33 bits per heavy atom. The van der Waals surface area contributed by atoms with Gasteiger partial charge in [0.2, 0.25) is 0 Å². The molecular formula is C12H22O3. The molecule has 0 bridgehead atoms. The SMILES string of the molecule is CC1(O)CCC(C)(C2(C)OCCO2)CC1. The van der Waals surface area contributed by atoms with E-state index in [1.54, 1.807) is 0 Å². The Hall–Kier alpha value is -0.120. The van der Waals surface area contributed by atoms with Crippen LogP contribution in [-0.2, 0) is 9.47 Å². The van der Waals surface area contributed by atoms with Crippen LogP contribution in [0.2, 0.25) is 0 Å². The summed E-state index contributed by atoms with van der Waals surface area (Å²) in [5.41, 5.74) is -0.444. The largest absolute Gasteiger partial charge is 0.390 e. The number of rotatable bonds is 1. The van der Waals surface area contributed by atoms with Gasteiger partial charge in [0.25, 0.3) is 0 Å². The maximum atomic E-state index is 9.95. The lowest BCUT2D eigenvalue weighted by Crippen LogP contribution is -2.49. The minimum atomic E-state index is -0.492. The van der Waals surface area contributed by atoms with E-state index in [-0.39, 0.29) is 5.41 Å². The van der Waals surface area contributed by atoms with E-state index < -0.39 is 11.4 Å². The van der Waals surface area contributed by atoms with E-state index in [4.69, 9.17) is 9.47 Å². The number of aliphatic hydroxyl groups is 1. The number of hydrogen-bond donors (Lipinski definition) is 1. The van der Waals surface area contributed by atoms with Gasteiger partial charge in [0.1, 0.15) is 0 Å². The average Bonchev–Trinajstić information content (AvgIpc) is 2.60. The smallest absolute Gasteiger partial charge is 0.170 e. The fourth-order valence-electron chi connectivity index (χ4n) is 2.66. The highest BCUT2D eigenvalue weighted by molar-refractivity contribution is 4.96. The molecule has 0 aromatic heterocycles. The lowest BCUT2D eigenvalue weighted by Gasteiger charge is -2.48. The molecule has 15 heavy (non-hydrogen) atoms. The van der Waals surface area contributed by atoms with Gasteiger partial charge in [-0.1, -0.05) is 6.92 Å². The maximum absolute atomic E-state index is 9.95. The van der Waals surface area contributed by atoms with Crippen molar-refractivity contribution in [2.24, 2.45) is 5.41 Å². The molecule has 2 fully saturated rings. The molecule has 3 nitrogen and oxygen atoms in total. The molecule has 0 spiro atoms. The summed E-state index contributed by atoms with van der Waals surface area (Å²) in [5.74, 6) is -0.441. The fourth-order valence-corrected chi connectivity index (χ4v) is 2.66. The summed E-state index contributed by atoms with van der Waals surface area (Å²) in [6.45, 7) is 7.57. The summed E-state index contributed by atoms with van der Waals surface area (Å²) in [6, 6.07) is 0. The van der Waals surface area contributed by atoms with Gasteiger partial charge in [0.05, 0.1) is 18.8 Å². The van der Waals surface area contributed by atoms with Crippen molar-refractivity contribution in [3.8, 4) is 0 Å². The Labute approximate surface area is 91.8 Å². The zero-order valence-corrected chi connectivity index (χ0v) is 10.0. The predicted octanol–water partition coefficient (Wildman–Crippen LogP) is 2.08. The molecule has 88 valence electrons. The van der Waals surface area contributed by atoms with Gasteiger partial charge in [-0.2, -0.15) is 0 Å². The van der Waals surface area contributed by atoms with Crippen LogP contribution in [0.15, 0.2) is 0 Å². The first kappa shape index (κ1) is 11.4. The standard InChI is InChI=1S/C12H22O3/c1-10(12(3)14-8-9-15-12)4-6-11(2,13)7-5-10/h13H,4-9H2,1-3H3. The first-order chi connectivity index (χ1) is 6.87. The third-order valence-corrected chi connectivity index (χ3v) is 4.37. The fraction of sp³-hybridized carbons (Fsp3) is 1.00. The normalized spacial score (nSPS) is 45.6. The molecule has 1 aliphatic carbocycles. The van der Waals surface area contributed by atoms with Crippen LogP contribution >= 0.6 is 0 Å². The summed E-state index contributed by atoms with van der Waals surface area (Å²) in [4.78, 5) is 0. The second-order valence-corrected chi connectivity index (χ2v) is 5.70. The van der Waals surface area contributed by atoms with E-state index in [1.165, 1.54) is 0 Å². The minimum absolute atomic E-state index is 0.0474. The zero-order valence-electron chi connectivity index (χ0n) is 10.0. The van der Waals surface area contributed by atoms with E-state index in [1.807, 2.05) is 13.8 Å². The molecule has 1 saturated carbocycles. The zero-order chi connectivity index (χ0) is 11.2. The molecule has 1 heterocycles. The van der Waals surface area contributed by atoms with Gasteiger partial charge in [-0.05, 0) is 39.5 Å². The van der Waals surface area contributed by atoms with Gasteiger partial charge in [-0.3, -0.25) is 0 Å². The summed E-state index contributed by atoms with van der Waals surface area (Å²) < 4.78 is 11.5. The summed E-state index contributed by atoms with van der Waals surface area (Å²) in [7, 11) is 0. The van der Waals surface area contributed by atoms with Crippen molar-refractivity contribution in [1.29, 1.82) is 0 Å². The first-order valence-electron chi connectivity index (χ1n) is 5.87. The van der Waals surface area contributed by atoms with Crippen molar-refractivity contribution < 1.29 is 14.6 Å². The van der Waals surface area contributed by atoms with Gasteiger partial charge < -0.3 is 14.6 Å². The summed E-state index contributed by atoms with van der Waals surface area (Å²) >= 11 is 0. The van der Waals surface area contributed by atoms with Crippen molar-refractivity contribution in [3.63, 3.8) is 0 Å². The van der Waals surface area contributed by atoms with Crippen LogP contribution in [0.4, 0.5) is 0 Å². The highest BCUT2D eigenvalue weighted by Gasteiger charge is 2.52. The van der Waals surface area contributed by atoms with Crippen LogP contribution in [0.1, 0.15) is 46.5 Å². The highest BCUT2D eigenvalue weighted by atomic mass is 16.7. The number of hydrogen-bond acceptors (Lipinski definition) is 3. The van der Waals surface area contributed by atoms with Crippen LogP contribution in [-0.4, -0.2) is 29.7 Å². The minimum Gasteiger partial charge on any atom is -0.390 e. The van der Waals surface area contributed by atoms with Crippen molar-refractivity contribution in [1.82, 2.24) is 0 Å². The van der Waals surface area contributed by atoms with Crippen LogP contribution in [0.25, 0.3) is 0 Å². The van der Waals surface area contributed by atoms with Gasteiger partial charge >= 0.3 is 0 Å². The molecular weight excluding hydrogens is 192 g/mol. The second kappa shape index (κ2) is 3.44. The average molecular weight is 214 g/mol. The third kappa shape index (κ3) is 1.93. The molecule has 1 saturated heterocycles. The van der Waals surface area contributed by atoms with E-state index in [2.05, 4.69) is 6.92 Å². The van der Waals surface area contributed by atoms with Crippen LogP contribution in [0, 0.1) is 5.41 Å². The van der Waals surface area contributed by atoms with Crippen molar-refractivity contribution >= 4 is 0 Å².